The van der Waals surface area contributed by atoms with Crippen molar-refractivity contribution in [3.63, 3.8) is 0 Å². The number of benzene rings is 1. The van der Waals surface area contributed by atoms with E-state index >= 15 is 0 Å². The molecule has 1 fully saturated rings. The Morgan fingerprint density at radius 2 is 1.84 bits per heavy atom. The minimum atomic E-state index is -0.665. The first kappa shape index (κ1) is 22.4. The number of amides is 3. The van der Waals surface area contributed by atoms with Crippen LogP contribution in [0, 0.1) is 0 Å². The van der Waals surface area contributed by atoms with Crippen LogP contribution in [0.2, 0.25) is 0 Å². The highest BCUT2D eigenvalue weighted by Gasteiger charge is 2.34. The van der Waals surface area contributed by atoms with Gasteiger partial charge in [-0.3, -0.25) is 9.69 Å². The molecule has 11 heteroatoms. The van der Waals surface area contributed by atoms with Gasteiger partial charge in [-0.05, 0) is 35.9 Å². The number of nitrogens with one attached hydrogen (secondary N) is 1. The average molecular weight is 444 g/mol. The van der Waals surface area contributed by atoms with Crippen molar-refractivity contribution >= 4 is 30.0 Å². The second-order valence-corrected chi connectivity index (χ2v) is 6.41. The standard InChI is InChI=1S/C21H20N2O9/c1-28-17-9-12(4-6-15(17)31-11-18(24)29-2)8-14-19(25)23(21(27)22-14)10-13-5-7-16(32-13)20(26)30-3/h4-9H,10-11H2,1-3H3,(H,22,27). The highest BCUT2D eigenvalue weighted by molar-refractivity contribution is 6.13. The van der Waals surface area contributed by atoms with Gasteiger partial charge in [0.25, 0.3) is 5.91 Å². The summed E-state index contributed by atoms with van der Waals surface area (Å²) in [6.45, 7) is -0.454. The van der Waals surface area contributed by atoms with Gasteiger partial charge < -0.3 is 28.7 Å². The maximum Gasteiger partial charge on any atom is 0.373 e. The first-order valence-corrected chi connectivity index (χ1v) is 9.25. The number of rotatable bonds is 8. The molecule has 3 amide bonds. The SMILES string of the molecule is COC(=O)COc1ccc(C=C2NC(=O)N(Cc3ccc(C(=O)OC)o3)C2=O)cc1OC. The van der Waals surface area contributed by atoms with Crippen LogP contribution in [-0.4, -0.2) is 56.7 Å². The minimum Gasteiger partial charge on any atom is -0.493 e. The fourth-order valence-electron chi connectivity index (χ4n) is 2.80. The van der Waals surface area contributed by atoms with Crippen LogP contribution < -0.4 is 14.8 Å². The Hall–Kier alpha value is -4.28. The van der Waals surface area contributed by atoms with Crippen LogP contribution in [0.5, 0.6) is 11.5 Å². The third-order valence-corrected chi connectivity index (χ3v) is 4.40. The van der Waals surface area contributed by atoms with Gasteiger partial charge in [-0.2, -0.15) is 0 Å². The van der Waals surface area contributed by atoms with E-state index < -0.39 is 23.9 Å². The molecule has 1 aliphatic heterocycles. The van der Waals surface area contributed by atoms with Crippen molar-refractivity contribution in [2.45, 2.75) is 6.54 Å². The van der Waals surface area contributed by atoms with Gasteiger partial charge in [0.05, 0.1) is 27.9 Å². The minimum absolute atomic E-state index is 0.0353. The lowest BCUT2D eigenvalue weighted by molar-refractivity contribution is -0.143. The van der Waals surface area contributed by atoms with Gasteiger partial charge in [0.2, 0.25) is 5.76 Å². The highest BCUT2D eigenvalue weighted by Crippen LogP contribution is 2.29. The molecule has 1 N–H and O–H groups in total. The number of carbonyl (C=O) groups is 4. The van der Waals surface area contributed by atoms with Crippen LogP contribution in [0.3, 0.4) is 0 Å². The summed E-state index contributed by atoms with van der Waals surface area (Å²) in [6.07, 6.45) is 1.47. The summed E-state index contributed by atoms with van der Waals surface area (Å²) in [5.41, 5.74) is 0.587. The molecule has 11 nitrogen and oxygen atoms in total. The maximum absolute atomic E-state index is 12.7. The Bertz CT molecular complexity index is 1090. The average Bonchev–Trinajstić information content (AvgIpc) is 3.37. The van der Waals surface area contributed by atoms with E-state index in [4.69, 9.17) is 13.9 Å². The predicted molar refractivity (Wildman–Crippen MR) is 108 cm³/mol. The van der Waals surface area contributed by atoms with Crippen molar-refractivity contribution in [2.24, 2.45) is 0 Å². The number of urea groups is 1. The maximum atomic E-state index is 12.7. The van der Waals surface area contributed by atoms with E-state index in [2.05, 4.69) is 14.8 Å². The Balaban J connectivity index is 1.74. The van der Waals surface area contributed by atoms with Crippen LogP contribution in [0.1, 0.15) is 21.9 Å². The smallest absolute Gasteiger partial charge is 0.373 e. The van der Waals surface area contributed by atoms with Crippen molar-refractivity contribution in [1.82, 2.24) is 10.2 Å². The molecular formula is C21H20N2O9. The first-order chi connectivity index (χ1) is 15.4. The summed E-state index contributed by atoms with van der Waals surface area (Å²) in [5.74, 6) is -0.952. The van der Waals surface area contributed by atoms with E-state index in [0.717, 1.165) is 4.90 Å². The Morgan fingerprint density at radius 3 is 2.53 bits per heavy atom. The van der Waals surface area contributed by atoms with Gasteiger partial charge in [-0.15, -0.1) is 0 Å². The third kappa shape index (κ3) is 4.89. The summed E-state index contributed by atoms with van der Waals surface area (Å²) >= 11 is 0. The molecule has 1 aromatic carbocycles. The van der Waals surface area contributed by atoms with Crippen LogP contribution in [0.25, 0.3) is 6.08 Å². The van der Waals surface area contributed by atoms with Crippen molar-refractivity contribution in [1.29, 1.82) is 0 Å². The van der Waals surface area contributed by atoms with Crippen LogP contribution in [0.4, 0.5) is 4.79 Å². The second-order valence-electron chi connectivity index (χ2n) is 6.41. The molecule has 0 bridgehead atoms. The molecule has 0 spiro atoms. The summed E-state index contributed by atoms with van der Waals surface area (Å²) < 4.78 is 25.0. The van der Waals surface area contributed by atoms with Gasteiger partial charge in [-0.25, -0.2) is 14.4 Å². The molecule has 2 heterocycles. The lowest BCUT2D eigenvalue weighted by Crippen LogP contribution is -2.30. The normalized spacial score (nSPS) is 14.3. The Kier molecular flexibility index (Phi) is 6.78. The highest BCUT2D eigenvalue weighted by atomic mass is 16.6. The number of imide groups is 1. The molecule has 0 radical (unpaired) electrons. The fraction of sp³-hybridized carbons (Fsp3) is 0.238. The molecule has 2 aromatic rings. The molecule has 0 saturated carbocycles. The van der Waals surface area contributed by atoms with Crippen molar-refractivity contribution in [3.05, 3.63) is 53.1 Å². The summed E-state index contributed by atoms with van der Waals surface area (Å²) in [5, 5.41) is 2.49. The van der Waals surface area contributed by atoms with Gasteiger partial charge in [0.15, 0.2) is 18.1 Å². The van der Waals surface area contributed by atoms with E-state index in [-0.39, 0.29) is 30.4 Å². The van der Waals surface area contributed by atoms with Gasteiger partial charge in [0, 0.05) is 0 Å². The lowest BCUT2D eigenvalue weighted by Gasteiger charge is -2.10. The molecule has 0 unspecified atom stereocenters. The number of carbonyl (C=O) groups excluding carboxylic acids is 4. The zero-order valence-electron chi connectivity index (χ0n) is 17.5. The van der Waals surface area contributed by atoms with Crippen LogP contribution in [0.15, 0.2) is 40.4 Å². The van der Waals surface area contributed by atoms with Crippen LogP contribution in [-0.2, 0) is 25.6 Å². The summed E-state index contributed by atoms with van der Waals surface area (Å²) in [4.78, 5) is 48.6. The second kappa shape index (κ2) is 9.69. The molecular weight excluding hydrogens is 424 g/mol. The zero-order chi connectivity index (χ0) is 23.3. The number of furan rings is 1. The monoisotopic (exact) mass is 444 g/mol. The molecule has 1 aromatic heterocycles. The van der Waals surface area contributed by atoms with Crippen LogP contribution >= 0.6 is 0 Å². The topological polar surface area (TPSA) is 134 Å². The Morgan fingerprint density at radius 1 is 1.06 bits per heavy atom. The first-order valence-electron chi connectivity index (χ1n) is 9.25. The lowest BCUT2D eigenvalue weighted by atomic mass is 10.1. The number of ether oxygens (including phenoxy) is 4. The van der Waals surface area contributed by atoms with E-state index in [1.54, 1.807) is 18.2 Å². The predicted octanol–water partition coefficient (Wildman–Crippen LogP) is 1.72. The largest absolute Gasteiger partial charge is 0.493 e. The molecule has 168 valence electrons. The van der Waals surface area contributed by atoms with Crippen molar-refractivity contribution in [2.75, 3.05) is 27.9 Å². The zero-order valence-corrected chi connectivity index (χ0v) is 17.5. The molecule has 0 atom stereocenters. The summed E-state index contributed by atoms with van der Waals surface area (Å²) in [7, 11) is 3.89. The number of hydrogen-bond acceptors (Lipinski definition) is 9. The molecule has 32 heavy (non-hydrogen) atoms. The molecule has 1 saturated heterocycles. The van der Waals surface area contributed by atoms with Gasteiger partial charge >= 0.3 is 18.0 Å². The van der Waals surface area contributed by atoms with E-state index in [9.17, 15) is 19.2 Å². The van der Waals surface area contributed by atoms with Crippen molar-refractivity contribution < 1.29 is 42.5 Å². The molecule has 0 aliphatic carbocycles. The fourth-order valence-corrected chi connectivity index (χ4v) is 2.80. The number of esters is 2. The number of nitrogens with zero attached hydrogens (tertiary/aromatic N) is 1. The molecule has 3 rings (SSSR count). The number of methoxy groups -OCH3 is 3. The van der Waals surface area contributed by atoms with E-state index in [0.29, 0.717) is 17.1 Å². The van der Waals surface area contributed by atoms with E-state index in [1.165, 1.54) is 39.5 Å². The number of hydrogen-bond donors (Lipinski definition) is 1. The molecule has 1 aliphatic rings. The van der Waals surface area contributed by atoms with Crippen molar-refractivity contribution in [3.8, 4) is 11.5 Å². The van der Waals surface area contributed by atoms with Gasteiger partial charge in [0.1, 0.15) is 11.5 Å². The summed E-state index contributed by atoms with van der Waals surface area (Å²) in [6, 6.07) is 7.00. The van der Waals surface area contributed by atoms with Gasteiger partial charge in [-0.1, -0.05) is 6.07 Å². The Labute approximate surface area is 182 Å². The van der Waals surface area contributed by atoms with E-state index in [1.807, 2.05) is 0 Å². The quantitative estimate of drug-likeness (QED) is 0.367. The third-order valence-electron chi connectivity index (χ3n) is 4.40.